The van der Waals surface area contributed by atoms with Gasteiger partial charge in [-0.1, -0.05) is 6.07 Å². The molecule has 0 spiro atoms. The molecule has 0 radical (unpaired) electrons. The normalized spacial score (nSPS) is 10.2. The van der Waals surface area contributed by atoms with Gasteiger partial charge in [0.05, 0.1) is 11.0 Å². The average Bonchev–Trinajstić information content (AvgIpc) is 3.15. The quantitative estimate of drug-likeness (QED) is 0.515. The largest absolute Gasteiger partial charge is 0.484 e. The Kier molecular flexibility index (Phi) is 4.60. The molecule has 0 saturated heterocycles. The molecule has 2 aromatic carbocycles. The van der Waals surface area contributed by atoms with Crippen LogP contribution in [-0.2, 0) is 4.79 Å². The minimum atomic E-state index is -0.530. The molecule has 1 heterocycles. The maximum absolute atomic E-state index is 11.9. The summed E-state index contributed by atoms with van der Waals surface area (Å²) in [4.78, 5) is 22.1. The summed E-state index contributed by atoms with van der Waals surface area (Å²) in [6.07, 6.45) is 0. The number of carbonyl (C=O) groups excluding carboxylic acids is 1. The number of nitrogens with zero attached hydrogens (tertiary/aromatic N) is 4. The smallest absolute Gasteiger partial charge is 0.273 e. The second-order valence-electron chi connectivity index (χ2n) is 4.90. The molecular weight excluding hydrogens is 328 g/mol. The number of aromatic amines is 1. The number of H-pyrrole nitrogens is 1. The lowest BCUT2D eigenvalue weighted by Crippen LogP contribution is -2.20. The van der Waals surface area contributed by atoms with Crippen LogP contribution in [0.2, 0.25) is 0 Å². The van der Waals surface area contributed by atoms with Gasteiger partial charge in [-0.3, -0.25) is 14.9 Å². The van der Waals surface area contributed by atoms with Crippen molar-refractivity contribution in [3.05, 3.63) is 58.6 Å². The van der Waals surface area contributed by atoms with Gasteiger partial charge in [-0.15, -0.1) is 10.2 Å². The van der Waals surface area contributed by atoms with E-state index in [1.165, 1.54) is 18.2 Å². The van der Waals surface area contributed by atoms with Crippen molar-refractivity contribution >= 4 is 17.3 Å². The van der Waals surface area contributed by atoms with Crippen molar-refractivity contribution in [3.8, 4) is 17.1 Å². The van der Waals surface area contributed by atoms with Crippen LogP contribution in [0.25, 0.3) is 11.4 Å². The highest BCUT2D eigenvalue weighted by Gasteiger charge is 2.09. The third-order valence-corrected chi connectivity index (χ3v) is 3.17. The Bertz CT molecular complexity index is 879. The summed E-state index contributed by atoms with van der Waals surface area (Å²) in [5.41, 5.74) is 1.22. The number of rotatable bonds is 6. The number of tetrazole rings is 1. The first kappa shape index (κ1) is 16.1. The Labute approximate surface area is 141 Å². The minimum absolute atomic E-state index is 0.102. The zero-order valence-electron chi connectivity index (χ0n) is 12.7. The number of amides is 1. The van der Waals surface area contributed by atoms with Gasteiger partial charge in [-0.05, 0) is 35.5 Å². The van der Waals surface area contributed by atoms with E-state index >= 15 is 0 Å². The Morgan fingerprint density at radius 1 is 1.24 bits per heavy atom. The van der Waals surface area contributed by atoms with Crippen LogP contribution in [0.3, 0.4) is 0 Å². The molecular formula is C15H12N6O4. The van der Waals surface area contributed by atoms with E-state index in [-0.39, 0.29) is 24.0 Å². The van der Waals surface area contributed by atoms with Crippen LogP contribution >= 0.6 is 0 Å². The number of carbonyl (C=O) groups is 1. The van der Waals surface area contributed by atoms with Crippen molar-refractivity contribution in [1.29, 1.82) is 0 Å². The van der Waals surface area contributed by atoms with Crippen LogP contribution in [0.15, 0.2) is 48.5 Å². The lowest BCUT2D eigenvalue weighted by Gasteiger charge is -2.07. The van der Waals surface area contributed by atoms with Crippen molar-refractivity contribution in [1.82, 2.24) is 20.6 Å². The molecule has 2 N–H and O–H groups in total. The van der Waals surface area contributed by atoms with Gasteiger partial charge in [0.15, 0.2) is 6.61 Å². The number of ether oxygens (including phenoxy) is 1. The van der Waals surface area contributed by atoms with E-state index in [1.54, 1.807) is 30.3 Å². The monoisotopic (exact) mass is 340 g/mol. The average molecular weight is 340 g/mol. The number of nitro groups is 1. The highest BCUT2D eigenvalue weighted by atomic mass is 16.6. The number of nitrogens with one attached hydrogen (secondary N) is 2. The molecule has 10 heteroatoms. The van der Waals surface area contributed by atoms with Gasteiger partial charge >= 0.3 is 0 Å². The standard InChI is InChI=1S/C15H12N6O4/c22-14(9-25-13-3-1-2-12(8-13)21(23)24)16-11-6-4-10(5-7-11)15-17-19-20-18-15/h1-8H,9H2,(H,16,22)(H,17,18,19,20). The Morgan fingerprint density at radius 2 is 2.04 bits per heavy atom. The van der Waals surface area contributed by atoms with Crippen LogP contribution < -0.4 is 10.1 Å². The maximum Gasteiger partial charge on any atom is 0.273 e. The summed E-state index contributed by atoms with van der Waals surface area (Å²) >= 11 is 0. The molecule has 126 valence electrons. The molecule has 3 aromatic rings. The Hall–Kier alpha value is -3.82. The van der Waals surface area contributed by atoms with Crippen molar-refractivity contribution in [2.45, 2.75) is 0 Å². The molecule has 0 aliphatic carbocycles. The SMILES string of the molecule is O=C(COc1cccc([N+](=O)[O-])c1)Nc1ccc(-c2nn[nH]n2)cc1. The van der Waals surface area contributed by atoms with Crippen molar-refractivity contribution in [2.75, 3.05) is 11.9 Å². The van der Waals surface area contributed by atoms with Gasteiger partial charge in [-0.25, -0.2) is 0 Å². The number of anilines is 1. The van der Waals surface area contributed by atoms with Crippen LogP contribution in [0.4, 0.5) is 11.4 Å². The summed E-state index contributed by atoms with van der Waals surface area (Å²) in [7, 11) is 0. The zero-order valence-corrected chi connectivity index (χ0v) is 12.7. The van der Waals surface area contributed by atoms with E-state index < -0.39 is 4.92 Å². The molecule has 0 bridgehead atoms. The molecule has 0 unspecified atom stereocenters. The van der Waals surface area contributed by atoms with Gasteiger partial charge in [0.2, 0.25) is 5.82 Å². The molecule has 10 nitrogen and oxygen atoms in total. The van der Waals surface area contributed by atoms with Gasteiger partial charge < -0.3 is 10.1 Å². The fraction of sp³-hybridized carbons (Fsp3) is 0.0667. The number of hydrogen-bond donors (Lipinski definition) is 2. The van der Waals surface area contributed by atoms with E-state index in [4.69, 9.17) is 4.74 Å². The molecule has 1 aromatic heterocycles. The summed E-state index contributed by atoms with van der Waals surface area (Å²) < 4.78 is 5.26. The number of hydrogen-bond acceptors (Lipinski definition) is 7. The second-order valence-corrected chi connectivity index (χ2v) is 4.90. The fourth-order valence-electron chi connectivity index (χ4n) is 2.02. The van der Waals surface area contributed by atoms with Crippen molar-refractivity contribution in [3.63, 3.8) is 0 Å². The van der Waals surface area contributed by atoms with Gasteiger partial charge in [0, 0.05) is 17.3 Å². The molecule has 0 aliphatic heterocycles. The van der Waals surface area contributed by atoms with Crippen LogP contribution in [0.5, 0.6) is 5.75 Å². The summed E-state index contributed by atoms with van der Waals surface area (Å²) in [6, 6.07) is 12.5. The first-order chi connectivity index (χ1) is 12.1. The van der Waals surface area contributed by atoms with Gasteiger partial charge in [0.1, 0.15) is 5.75 Å². The Morgan fingerprint density at radius 3 is 2.72 bits per heavy atom. The molecule has 0 saturated carbocycles. The number of nitro benzene ring substituents is 1. The maximum atomic E-state index is 11.9. The molecule has 1 amide bonds. The lowest BCUT2D eigenvalue weighted by molar-refractivity contribution is -0.384. The number of aromatic nitrogens is 4. The highest BCUT2D eigenvalue weighted by molar-refractivity contribution is 5.92. The van der Waals surface area contributed by atoms with E-state index in [9.17, 15) is 14.9 Å². The predicted molar refractivity (Wildman–Crippen MR) is 86.8 cm³/mol. The highest BCUT2D eigenvalue weighted by Crippen LogP contribution is 2.19. The minimum Gasteiger partial charge on any atom is -0.484 e. The predicted octanol–water partition coefficient (Wildman–Crippen LogP) is 1.79. The summed E-state index contributed by atoms with van der Waals surface area (Å²) in [5, 5.41) is 26.9. The summed E-state index contributed by atoms with van der Waals surface area (Å²) in [6.45, 7) is -0.270. The molecule has 0 atom stereocenters. The first-order valence-electron chi connectivity index (χ1n) is 7.13. The number of benzene rings is 2. The van der Waals surface area contributed by atoms with Gasteiger partial charge in [-0.2, -0.15) is 5.21 Å². The third-order valence-electron chi connectivity index (χ3n) is 3.17. The molecule has 0 aliphatic rings. The second kappa shape index (κ2) is 7.17. The van der Waals surface area contributed by atoms with E-state index in [2.05, 4.69) is 25.9 Å². The van der Waals surface area contributed by atoms with Crippen molar-refractivity contribution < 1.29 is 14.5 Å². The zero-order chi connectivity index (χ0) is 17.6. The van der Waals surface area contributed by atoms with E-state index in [0.717, 1.165) is 5.56 Å². The third kappa shape index (κ3) is 4.13. The number of non-ortho nitro benzene ring substituents is 1. The topological polar surface area (TPSA) is 136 Å². The van der Waals surface area contributed by atoms with Crippen LogP contribution in [0.1, 0.15) is 0 Å². The molecule has 25 heavy (non-hydrogen) atoms. The van der Waals surface area contributed by atoms with Gasteiger partial charge in [0.25, 0.3) is 11.6 Å². The van der Waals surface area contributed by atoms with E-state index in [1.807, 2.05) is 0 Å². The van der Waals surface area contributed by atoms with Crippen LogP contribution in [-0.4, -0.2) is 38.1 Å². The first-order valence-corrected chi connectivity index (χ1v) is 7.13. The van der Waals surface area contributed by atoms with Crippen LogP contribution in [0, 0.1) is 10.1 Å². The molecule has 3 rings (SSSR count). The fourth-order valence-corrected chi connectivity index (χ4v) is 2.02. The summed E-state index contributed by atoms with van der Waals surface area (Å²) in [5.74, 6) is 0.308. The lowest BCUT2D eigenvalue weighted by atomic mass is 10.2. The van der Waals surface area contributed by atoms with Crippen molar-refractivity contribution in [2.24, 2.45) is 0 Å². The van der Waals surface area contributed by atoms with E-state index in [0.29, 0.717) is 11.5 Å². The Balaban J connectivity index is 1.56. The molecule has 0 fully saturated rings.